The van der Waals surface area contributed by atoms with Crippen LogP contribution in [0.4, 0.5) is 0 Å². The van der Waals surface area contributed by atoms with Crippen LogP contribution < -0.4 is 10.2 Å². The van der Waals surface area contributed by atoms with Gasteiger partial charge in [-0.15, -0.1) is 4.31 Å². The number of hydrogen-bond donors (Lipinski definition) is 2. The third-order valence-corrected chi connectivity index (χ3v) is 5.37. The zero-order valence-electron chi connectivity index (χ0n) is 14.0. The van der Waals surface area contributed by atoms with Crippen LogP contribution in [0.25, 0.3) is 0 Å². The minimum atomic E-state index is -1.65. The van der Waals surface area contributed by atoms with Gasteiger partial charge in [-0.05, 0) is 40.7 Å². The van der Waals surface area contributed by atoms with E-state index < -0.39 is 18.5 Å². The second-order valence-corrected chi connectivity index (χ2v) is 8.19. The van der Waals surface area contributed by atoms with Crippen molar-refractivity contribution >= 4 is 23.9 Å². The van der Waals surface area contributed by atoms with Crippen molar-refractivity contribution < 1.29 is 19.3 Å². The van der Waals surface area contributed by atoms with Gasteiger partial charge < -0.3 is 19.3 Å². The predicted octanol–water partition coefficient (Wildman–Crippen LogP) is 0.615. The van der Waals surface area contributed by atoms with Crippen molar-refractivity contribution in [2.75, 3.05) is 13.7 Å². The molecule has 0 bridgehead atoms. The van der Waals surface area contributed by atoms with Gasteiger partial charge in [-0.3, -0.25) is 4.98 Å². The smallest absolute Gasteiger partial charge is 0.492 e. The van der Waals surface area contributed by atoms with E-state index in [4.69, 9.17) is 4.74 Å². The molecule has 0 unspecified atom stereocenters. The van der Waals surface area contributed by atoms with Crippen molar-refractivity contribution in [3.8, 4) is 5.75 Å². The predicted molar refractivity (Wildman–Crippen MR) is 89.3 cm³/mol. The Morgan fingerprint density at radius 2 is 2.05 bits per heavy atom. The van der Waals surface area contributed by atoms with E-state index in [0.717, 1.165) is 0 Å². The summed E-state index contributed by atoms with van der Waals surface area (Å²) in [5.41, 5.74) is 0.861. The van der Waals surface area contributed by atoms with Crippen LogP contribution in [-0.4, -0.2) is 49.4 Å². The highest BCUT2D eigenvalue weighted by Gasteiger charge is 2.36. The molecule has 0 spiro atoms. The maximum Gasteiger partial charge on any atom is 0.492 e. The van der Waals surface area contributed by atoms with E-state index in [1.807, 2.05) is 38.9 Å². The molecule has 2 N–H and O–H groups in total. The molecule has 1 heterocycles. The minimum absolute atomic E-state index is 0.228. The largest absolute Gasteiger partial charge is 0.597 e. The zero-order chi connectivity index (χ0) is 17.1. The number of ether oxygens (including phenoxy) is 1. The van der Waals surface area contributed by atoms with Crippen LogP contribution in [0.1, 0.15) is 46.4 Å². The van der Waals surface area contributed by atoms with E-state index in [9.17, 15) is 14.6 Å². The highest BCUT2D eigenvalue weighted by Crippen LogP contribution is 2.28. The number of aromatic nitrogens is 1. The first-order valence-corrected chi connectivity index (χ1v) is 8.32. The van der Waals surface area contributed by atoms with Gasteiger partial charge in [-0.2, -0.15) is 0 Å². The zero-order valence-corrected chi connectivity index (χ0v) is 14.8. The summed E-state index contributed by atoms with van der Waals surface area (Å²) in [6, 6.07) is 1.35. The topological polar surface area (TPSA) is 88.9 Å². The number of methoxy groups -OCH3 is 1. The summed E-state index contributed by atoms with van der Waals surface area (Å²) in [7, 11) is -0.203. The molecule has 0 aliphatic carbocycles. The van der Waals surface area contributed by atoms with E-state index >= 15 is 0 Å². The molecule has 6 nitrogen and oxygen atoms in total. The highest BCUT2D eigenvalue weighted by molar-refractivity contribution is 7.90. The lowest BCUT2D eigenvalue weighted by atomic mass is 9.79. The molecule has 0 aliphatic heterocycles. The average Bonchev–Trinajstić information content (AvgIpc) is 2.45. The van der Waals surface area contributed by atoms with Gasteiger partial charge >= 0.3 is 7.12 Å². The summed E-state index contributed by atoms with van der Waals surface area (Å²) in [5.74, 6) is 0.311. The number of rotatable bonds is 6. The fraction of sp³-hybridized carbons (Fsp3) is 0.643. The molecule has 0 aromatic carbocycles. The highest BCUT2D eigenvalue weighted by atomic mass is 32.2. The molecule has 0 aliphatic rings. The number of pyridine rings is 1. The van der Waals surface area contributed by atoms with Gasteiger partial charge in [-0.1, -0.05) is 0 Å². The summed E-state index contributed by atoms with van der Waals surface area (Å²) in [4.78, 5) is 4.30. The molecule has 124 valence electrons. The molecule has 2 atom stereocenters. The quantitative estimate of drug-likeness (QED) is 0.588. The molecule has 8 heteroatoms. The Balaban J connectivity index is 3.15. The second kappa shape index (κ2) is 7.65. The molecule has 0 fully saturated rings. The van der Waals surface area contributed by atoms with Crippen LogP contribution in [0.2, 0.25) is 0 Å². The van der Waals surface area contributed by atoms with Gasteiger partial charge in [-0.25, -0.2) is 0 Å². The lowest BCUT2D eigenvalue weighted by Gasteiger charge is -2.35. The monoisotopic (exact) mass is 328 g/mol. The van der Waals surface area contributed by atoms with Gasteiger partial charge in [0.25, 0.3) is 0 Å². The van der Waals surface area contributed by atoms with Crippen LogP contribution in [0, 0.1) is 0 Å². The van der Waals surface area contributed by atoms with E-state index in [2.05, 4.69) is 4.98 Å². The van der Waals surface area contributed by atoms with Crippen LogP contribution in [0.5, 0.6) is 5.75 Å². The molecule has 0 radical (unpaired) electrons. The van der Waals surface area contributed by atoms with E-state index in [1.54, 1.807) is 6.07 Å². The third-order valence-electron chi connectivity index (χ3n) is 3.33. The Morgan fingerprint density at radius 3 is 2.45 bits per heavy atom. The molecule has 1 aromatic rings. The summed E-state index contributed by atoms with van der Waals surface area (Å²) < 4.78 is 19.2. The van der Waals surface area contributed by atoms with Crippen molar-refractivity contribution in [1.29, 1.82) is 0 Å². The molecule has 0 saturated carbocycles. The maximum atomic E-state index is 12.6. The SMILES string of the molecule is CCN([C@H](C)c1cc(B(O)O)c(OC)cn1)[S@+]([O-])C(C)(C)C. The van der Waals surface area contributed by atoms with Gasteiger partial charge in [0.15, 0.2) is 0 Å². The number of hydrogen-bond acceptors (Lipinski definition) is 6. The number of nitrogens with zero attached hydrogens (tertiary/aromatic N) is 2. The first-order chi connectivity index (χ1) is 10.1. The van der Waals surface area contributed by atoms with Crippen molar-refractivity contribution in [2.45, 2.75) is 45.4 Å². The lowest BCUT2D eigenvalue weighted by Crippen LogP contribution is -2.44. The van der Waals surface area contributed by atoms with Crippen LogP contribution in [-0.2, 0) is 11.4 Å². The maximum absolute atomic E-state index is 12.6. The standard InChI is InChI=1S/C14H25BN2O4S/c1-7-17(22(20)14(3,4)5)10(2)12-8-11(15(18)19)13(21-6)9-16-12/h8-10,18-19H,7H2,1-6H3/t10-,22-/m1/s1. The normalized spacial score (nSPS) is 14.8. The van der Waals surface area contributed by atoms with Crippen LogP contribution >= 0.6 is 0 Å². The third kappa shape index (κ3) is 4.36. The molecule has 22 heavy (non-hydrogen) atoms. The molecule has 0 amide bonds. The van der Waals surface area contributed by atoms with Gasteiger partial charge in [0.05, 0.1) is 25.0 Å². The fourth-order valence-corrected chi connectivity index (χ4v) is 3.44. The van der Waals surface area contributed by atoms with E-state index in [0.29, 0.717) is 18.0 Å². The molecule has 1 aromatic heterocycles. The Morgan fingerprint density at radius 1 is 1.45 bits per heavy atom. The minimum Gasteiger partial charge on any atom is -0.597 e. The van der Waals surface area contributed by atoms with Crippen molar-refractivity contribution in [3.63, 3.8) is 0 Å². The first-order valence-electron chi connectivity index (χ1n) is 7.22. The summed E-state index contributed by atoms with van der Waals surface area (Å²) >= 11 is -1.19. The molecular weight excluding hydrogens is 303 g/mol. The van der Waals surface area contributed by atoms with Gasteiger partial charge in [0.1, 0.15) is 10.5 Å². The molecule has 0 saturated heterocycles. The Labute approximate surface area is 136 Å². The lowest BCUT2D eigenvalue weighted by molar-refractivity contribution is 0.338. The Bertz CT molecular complexity index is 496. The summed E-state index contributed by atoms with van der Waals surface area (Å²) in [6.45, 7) is 10.2. The molecule has 1 rings (SSSR count). The van der Waals surface area contributed by atoms with Crippen molar-refractivity contribution in [2.24, 2.45) is 0 Å². The second-order valence-electron chi connectivity index (χ2n) is 6.00. The van der Waals surface area contributed by atoms with Crippen molar-refractivity contribution in [1.82, 2.24) is 9.29 Å². The average molecular weight is 328 g/mol. The van der Waals surface area contributed by atoms with Gasteiger partial charge in [0.2, 0.25) is 0 Å². The van der Waals surface area contributed by atoms with Crippen LogP contribution in [0.3, 0.4) is 0 Å². The Kier molecular flexibility index (Phi) is 6.70. The Hall–Kier alpha value is -0.795. The van der Waals surface area contributed by atoms with Crippen LogP contribution in [0.15, 0.2) is 12.3 Å². The van der Waals surface area contributed by atoms with E-state index in [1.165, 1.54) is 13.3 Å². The summed E-state index contributed by atoms with van der Waals surface area (Å²) in [6.07, 6.45) is 1.45. The first kappa shape index (κ1) is 19.3. The van der Waals surface area contributed by atoms with Gasteiger partial charge in [0, 0.05) is 23.4 Å². The fourth-order valence-electron chi connectivity index (χ4n) is 2.11. The van der Waals surface area contributed by atoms with E-state index in [-0.39, 0.29) is 16.3 Å². The summed E-state index contributed by atoms with van der Waals surface area (Å²) in [5, 5.41) is 18.9. The van der Waals surface area contributed by atoms with Crippen molar-refractivity contribution in [3.05, 3.63) is 18.0 Å². The molecular formula is C14H25BN2O4S.